The van der Waals surface area contributed by atoms with E-state index < -0.39 is 0 Å². The van der Waals surface area contributed by atoms with Crippen LogP contribution >= 0.6 is 0 Å². The maximum atomic E-state index is 3.68. The zero-order valence-corrected chi connectivity index (χ0v) is 11.6. The van der Waals surface area contributed by atoms with Gasteiger partial charge in [-0.2, -0.15) is 0 Å². The van der Waals surface area contributed by atoms with E-state index in [0.29, 0.717) is 0 Å². The summed E-state index contributed by atoms with van der Waals surface area (Å²) < 4.78 is 0. The molecule has 0 radical (unpaired) electrons. The third kappa shape index (κ3) is 3.94. The zero-order chi connectivity index (χ0) is 12.1. The van der Waals surface area contributed by atoms with Gasteiger partial charge in [0.15, 0.2) is 0 Å². The quantitative estimate of drug-likeness (QED) is 0.803. The summed E-state index contributed by atoms with van der Waals surface area (Å²) in [5.41, 5.74) is 0. The average Bonchev–Trinajstić information content (AvgIpc) is 2.38. The van der Waals surface area contributed by atoms with Crippen LogP contribution in [-0.2, 0) is 0 Å². The Hall–Kier alpha value is -0.120. The van der Waals surface area contributed by atoms with Gasteiger partial charge in [0.05, 0.1) is 0 Å². The standard InChI is InChI=1S/C14H29N3/c1-3-8-15-13-4-6-14(7-5-13)17-11-9-16(2)10-12-17/h13-15H,3-12H2,1-2H3. The highest BCUT2D eigenvalue weighted by molar-refractivity contribution is 4.84. The Balaban J connectivity index is 1.68. The highest BCUT2D eigenvalue weighted by Crippen LogP contribution is 2.23. The van der Waals surface area contributed by atoms with Gasteiger partial charge in [-0.15, -0.1) is 0 Å². The highest BCUT2D eigenvalue weighted by atomic mass is 15.3. The number of nitrogens with zero attached hydrogens (tertiary/aromatic N) is 2. The van der Waals surface area contributed by atoms with Crippen LogP contribution in [0.4, 0.5) is 0 Å². The average molecular weight is 239 g/mol. The molecule has 3 heteroatoms. The van der Waals surface area contributed by atoms with Crippen molar-refractivity contribution in [3.63, 3.8) is 0 Å². The van der Waals surface area contributed by atoms with Gasteiger partial charge >= 0.3 is 0 Å². The van der Waals surface area contributed by atoms with Crippen LogP contribution in [0.2, 0.25) is 0 Å². The summed E-state index contributed by atoms with van der Waals surface area (Å²) in [5, 5.41) is 3.68. The summed E-state index contributed by atoms with van der Waals surface area (Å²) in [6.07, 6.45) is 6.85. The van der Waals surface area contributed by atoms with Crippen LogP contribution in [0.1, 0.15) is 39.0 Å². The number of rotatable bonds is 4. The molecule has 2 fully saturated rings. The van der Waals surface area contributed by atoms with Crippen molar-refractivity contribution in [2.24, 2.45) is 0 Å². The largest absolute Gasteiger partial charge is 0.314 e. The van der Waals surface area contributed by atoms with Crippen LogP contribution in [0.5, 0.6) is 0 Å². The fourth-order valence-corrected chi connectivity index (χ4v) is 3.18. The second-order valence-corrected chi connectivity index (χ2v) is 5.80. The number of piperazine rings is 1. The summed E-state index contributed by atoms with van der Waals surface area (Å²) >= 11 is 0. The van der Waals surface area contributed by atoms with E-state index in [9.17, 15) is 0 Å². The third-order valence-electron chi connectivity index (χ3n) is 4.43. The Morgan fingerprint density at radius 1 is 1.00 bits per heavy atom. The SMILES string of the molecule is CCCNC1CCC(N2CCN(C)CC2)CC1. The lowest BCUT2D eigenvalue weighted by atomic mass is 9.89. The summed E-state index contributed by atoms with van der Waals surface area (Å²) in [6, 6.07) is 1.68. The Morgan fingerprint density at radius 2 is 1.65 bits per heavy atom. The van der Waals surface area contributed by atoms with Gasteiger partial charge in [0.2, 0.25) is 0 Å². The molecule has 2 aliphatic rings. The Morgan fingerprint density at radius 3 is 2.24 bits per heavy atom. The predicted molar refractivity (Wildman–Crippen MR) is 73.4 cm³/mol. The molecule has 1 saturated carbocycles. The highest BCUT2D eigenvalue weighted by Gasteiger charge is 2.27. The Kier molecular flexibility index (Phi) is 5.26. The minimum absolute atomic E-state index is 0.804. The molecule has 0 aromatic carbocycles. The molecule has 1 aliphatic heterocycles. The van der Waals surface area contributed by atoms with E-state index in [-0.39, 0.29) is 0 Å². The van der Waals surface area contributed by atoms with Gasteiger partial charge in [0.1, 0.15) is 0 Å². The minimum atomic E-state index is 0.804. The summed E-state index contributed by atoms with van der Waals surface area (Å²) in [4.78, 5) is 5.18. The minimum Gasteiger partial charge on any atom is -0.314 e. The topological polar surface area (TPSA) is 18.5 Å². The van der Waals surface area contributed by atoms with Crippen molar-refractivity contribution < 1.29 is 0 Å². The summed E-state index contributed by atoms with van der Waals surface area (Å²) in [5.74, 6) is 0. The van der Waals surface area contributed by atoms with E-state index in [2.05, 4.69) is 29.1 Å². The summed E-state index contributed by atoms with van der Waals surface area (Å²) in [7, 11) is 2.24. The van der Waals surface area contributed by atoms with Crippen molar-refractivity contribution in [1.82, 2.24) is 15.1 Å². The van der Waals surface area contributed by atoms with Crippen LogP contribution in [0, 0.1) is 0 Å². The van der Waals surface area contributed by atoms with Crippen molar-refractivity contribution >= 4 is 0 Å². The molecule has 0 aromatic heterocycles. The van der Waals surface area contributed by atoms with Crippen LogP contribution in [0.3, 0.4) is 0 Å². The smallest absolute Gasteiger partial charge is 0.0113 e. The number of nitrogens with one attached hydrogen (secondary N) is 1. The van der Waals surface area contributed by atoms with Gasteiger partial charge in [0, 0.05) is 38.3 Å². The van der Waals surface area contributed by atoms with Crippen molar-refractivity contribution in [2.75, 3.05) is 39.8 Å². The van der Waals surface area contributed by atoms with Crippen LogP contribution < -0.4 is 5.32 Å². The maximum absolute atomic E-state index is 3.68. The molecular formula is C14H29N3. The summed E-state index contributed by atoms with van der Waals surface area (Å²) in [6.45, 7) is 8.54. The molecule has 1 N–H and O–H groups in total. The molecule has 1 saturated heterocycles. The first-order chi connectivity index (χ1) is 8.29. The fraction of sp³-hybridized carbons (Fsp3) is 1.00. The van der Waals surface area contributed by atoms with Crippen molar-refractivity contribution in [2.45, 2.75) is 51.1 Å². The van der Waals surface area contributed by atoms with Crippen LogP contribution in [0.25, 0.3) is 0 Å². The van der Waals surface area contributed by atoms with E-state index in [1.165, 1.54) is 64.8 Å². The molecule has 0 bridgehead atoms. The van der Waals surface area contributed by atoms with Gasteiger partial charge in [-0.05, 0) is 45.7 Å². The van der Waals surface area contributed by atoms with Gasteiger partial charge in [-0.1, -0.05) is 6.92 Å². The van der Waals surface area contributed by atoms with Crippen molar-refractivity contribution in [3.05, 3.63) is 0 Å². The lowest BCUT2D eigenvalue weighted by Crippen LogP contribution is -2.51. The van der Waals surface area contributed by atoms with Gasteiger partial charge in [-0.25, -0.2) is 0 Å². The van der Waals surface area contributed by atoms with Crippen molar-refractivity contribution in [1.29, 1.82) is 0 Å². The fourth-order valence-electron chi connectivity index (χ4n) is 3.18. The lowest BCUT2D eigenvalue weighted by molar-refractivity contribution is 0.0854. The van der Waals surface area contributed by atoms with Gasteiger partial charge < -0.3 is 10.2 Å². The molecule has 0 unspecified atom stereocenters. The molecule has 1 heterocycles. The van der Waals surface area contributed by atoms with E-state index in [0.717, 1.165) is 12.1 Å². The van der Waals surface area contributed by atoms with Gasteiger partial charge in [0.25, 0.3) is 0 Å². The molecule has 17 heavy (non-hydrogen) atoms. The first kappa shape index (κ1) is 13.3. The second-order valence-electron chi connectivity index (χ2n) is 5.80. The normalized spacial score (nSPS) is 32.8. The number of likely N-dealkylation sites (N-methyl/N-ethyl adjacent to an activating group) is 1. The monoisotopic (exact) mass is 239 g/mol. The zero-order valence-electron chi connectivity index (χ0n) is 11.6. The first-order valence-corrected chi connectivity index (χ1v) is 7.45. The van der Waals surface area contributed by atoms with Gasteiger partial charge in [-0.3, -0.25) is 4.90 Å². The van der Waals surface area contributed by atoms with E-state index in [1.54, 1.807) is 0 Å². The molecular weight excluding hydrogens is 210 g/mol. The number of hydrogen-bond acceptors (Lipinski definition) is 3. The number of hydrogen-bond donors (Lipinski definition) is 1. The maximum Gasteiger partial charge on any atom is 0.0113 e. The Labute approximate surface area is 107 Å². The van der Waals surface area contributed by atoms with Crippen LogP contribution in [-0.4, -0.2) is 61.7 Å². The third-order valence-corrected chi connectivity index (χ3v) is 4.43. The molecule has 0 aromatic rings. The Bertz CT molecular complexity index is 204. The molecule has 100 valence electrons. The second kappa shape index (κ2) is 6.72. The van der Waals surface area contributed by atoms with Crippen molar-refractivity contribution in [3.8, 4) is 0 Å². The lowest BCUT2D eigenvalue weighted by Gasteiger charge is -2.41. The van der Waals surface area contributed by atoms with E-state index in [4.69, 9.17) is 0 Å². The van der Waals surface area contributed by atoms with E-state index in [1.807, 2.05) is 0 Å². The molecule has 0 amide bonds. The van der Waals surface area contributed by atoms with Crippen LogP contribution in [0.15, 0.2) is 0 Å². The molecule has 0 spiro atoms. The first-order valence-electron chi connectivity index (χ1n) is 7.45. The molecule has 2 rings (SSSR count). The molecule has 3 nitrogen and oxygen atoms in total. The molecule has 1 aliphatic carbocycles. The predicted octanol–water partition coefficient (Wildman–Crippen LogP) is 1.54. The van der Waals surface area contributed by atoms with E-state index >= 15 is 0 Å². The molecule has 0 atom stereocenters.